The highest BCUT2D eigenvalue weighted by Crippen LogP contribution is 2.32. The van der Waals surface area contributed by atoms with Crippen LogP contribution in [-0.2, 0) is 4.79 Å². The van der Waals surface area contributed by atoms with E-state index in [-0.39, 0.29) is 24.3 Å². The smallest absolute Gasteiger partial charge is 0.258 e. The number of Topliss-reactive ketones (excluding diaryl/α,β-unsaturated/α-hetero) is 1. The second-order valence-electron chi connectivity index (χ2n) is 6.40. The van der Waals surface area contributed by atoms with Crippen molar-refractivity contribution in [2.24, 2.45) is 0 Å². The van der Waals surface area contributed by atoms with E-state index in [9.17, 15) is 9.59 Å². The molecule has 3 rings (SSSR count). The summed E-state index contributed by atoms with van der Waals surface area (Å²) in [4.78, 5) is 24.4. The van der Waals surface area contributed by atoms with Gasteiger partial charge in [-0.3, -0.25) is 9.59 Å². The number of rotatable bonds is 7. The molecule has 1 heterocycles. The quantitative estimate of drug-likeness (QED) is 0.708. The zero-order valence-electron chi connectivity index (χ0n) is 15.8. The summed E-state index contributed by atoms with van der Waals surface area (Å²) in [6, 6.07) is 10.1. The van der Waals surface area contributed by atoms with E-state index >= 15 is 0 Å². The van der Waals surface area contributed by atoms with Gasteiger partial charge in [-0.1, -0.05) is 24.6 Å². The summed E-state index contributed by atoms with van der Waals surface area (Å²) < 4.78 is 16.6. The lowest BCUT2D eigenvalue weighted by Crippen LogP contribution is -2.31. The molecule has 2 aromatic carbocycles. The highest BCUT2D eigenvalue weighted by Gasteiger charge is 2.17. The molecule has 0 saturated carbocycles. The van der Waals surface area contributed by atoms with Crippen LogP contribution >= 0.6 is 11.6 Å². The van der Waals surface area contributed by atoms with Crippen LogP contribution in [0.2, 0.25) is 5.02 Å². The fourth-order valence-corrected chi connectivity index (χ4v) is 3.05. The second-order valence-corrected chi connectivity index (χ2v) is 6.83. The fourth-order valence-electron chi connectivity index (χ4n) is 2.88. The summed E-state index contributed by atoms with van der Waals surface area (Å²) in [6.45, 7) is 4.46. The first-order valence-electron chi connectivity index (χ1n) is 9.12. The van der Waals surface area contributed by atoms with E-state index in [1.54, 1.807) is 25.1 Å². The van der Waals surface area contributed by atoms with Gasteiger partial charge >= 0.3 is 0 Å². The molecule has 0 spiro atoms. The molecule has 2 aromatic rings. The van der Waals surface area contributed by atoms with Crippen molar-refractivity contribution in [1.82, 2.24) is 5.32 Å². The maximum absolute atomic E-state index is 12.3. The van der Waals surface area contributed by atoms with E-state index in [4.69, 9.17) is 25.8 Å². The van der Waals surface area contributed by atoms with Crippen molar-refractivity contribution in [2.75, 3.05) is 19.8 Å². The molecule has 1 N–H and O–H groups in total. The largest absolute Gasteiger partial charge is 0.486 e. The van der Waals surface area contributed by atoms with Gasteiger partial charge in [-0.2, -0.15) is 0 Å². The van der Waals surface area contributed by atoms with Gasteiger partial charge in [0.2, 0.25) is 0 Å². The fraction of sp³-hybridized carbons (Fsp3) is 0.333. The van der Waals surface area contributed by atoms with E-state index in [0.717, 1.165) is 5.56 Å². The van der Waals surface area contributed by atoms with Crippen LogP contribution in [0.3, 0.4) is 0 Å². The van der Waals surface area contributed by atoms with E-state index in [0.29, 0.717) is 47.5 Å². The third-order valence-electron chi connectivity index (χ3n) is 4.37. The lowest BCUT2D eigenvalue weighted by molar-refractivity contribution is -0.123. The average Bonchev–Trinajstić information content (AvgIpc) is 2.71. The number of fused-ring (bicyclic) bond motifs is 1. The standard InChI is InChI=1S/C21H22ClNO5/c1-3-17(24)16-11-15(22)5-7-18(16)28-12-21(25)23-13(2)14-4-6-19-20(10-14)27-9-8-26-19/h4-7,10-11,13H,3,8-9,12H2,1-2H3,(H,23,25)/t13-/m1/s1. The number of amides is 1. The number of ether oxygens (including phenoxy) is 3. The van der Waals surface area contributed by atoms with Crippen molar-refractivity contribution in [3.8, 4) is 17.2 Å². The topological polar surface area (TPSA) is 73.9 Å². The molecular formula is C21H22ClNO5. The lowest BCUT2D eigenvalue weighted by atomic mass is 10.1. The Morgan fingerprint density at radius 3 is 2.64 bits per heavy atom. The molecule has 0 unspecified atom stereocenters. The first-order valence-corrected chi connectivity index (χ1v) is 9.50. The molecule has 0 saturated heterocycles. The van der Waals surface area contributed by atoms with Gasteiger partial charge in [0, 0.05) is 11.4 Å². The van der Waals surface area contributed by atoms with E-state index in [2.05, 4.69) is 5.32 Å². The summed E-state index contributed by atoms with van der Waals surface area (Å²) in [6.07, 6.45) is 0.323. The molecule has 0 radical (unpaired) electrons. The zero-order valence-corrected chi connectivity index (χ0v) is 16.5. The van der Waals surface area contributed by atoms with Crippen LogP contribution in [0, 0.1) is 0 Å². The molecule has 0 fully saturated rings. The molecule has 28 heavy (non-hydrogen) atoms. The van der Waals surface area contributed by atoms with E-state index < -0.39 is 0 Å². The van der Waals surface area contributed by atoms with Crippen LogP contribution < -0.4 is 19.5 Å². The van der Waals surface area contributed by atoms with Crippen molar-refractivity contribution in [1.29, 1.82) is 0 Å². The third-order valence-corrected chi connectivity index (χ3v) is 4.60. The summed E-state index contributed by atoms with van der Waals surface area (Å²) in [5, 5.41) is 3.32. The number of benzene rings is 2. The number of nitrogens with one attached hydrogen (secondary N) is 1. The monoisotopic (exact) mass is 403 g/mol. The first-order chi connectivity index (χ1) is 13.5. The van der Waals surface area contributed by atoms with Crippen LogP contribution in [0.5, 0.6) is 17.2 Å². The Bertz CT molecular complexity index is 883. The van der Waals surface area contributed by atoms with Gasteiger partial charge in [-0.05, 0) is 42.8 Å². The third kappa shape index (κ3) is 4.75. The normalized spacial score (nSPS) is 13.5. The Balaban J connectivity index is 1.61. The summed E-state index contributed by atoms with van der Waals surface area (Å²) in [5.74, 6) is 1.32. The molecule has 148 valence electrons. The minimum absolute atomic E-state index is 0.0949. The molecule has 6 nitrogen and oxygen atoms in total. The molecular weight excluding hydrogens is 382 g/mol. The van der Waals surface area contributed by atoms with Crippen molar-refractivity contribution in [3.05, 3.63) is 52.5 Å². The van der Waals surface area contributed by atoms with Crippen LogP contribution in [0.15, 0.2) is 36.4 Å². The van der Waals surface area contributed by atoms with Gasteiger partial charge in [-0.25, -0.2) is 0 Å². The number of hydrogen-bond donors (Lipinski definition) is 1. The van der Waals surface area contributed by atoms with Crippen LogP contribution in [0.25, 0.3) is 0 Å². The minimum atomic E-state index is -0.299. The molecule has 1 aliphatic heterocycles. The van der Waals surface area contributed by atoms with Gasteiger partial charge in [-0.15, -0.1) is 0 Å². The number of ketones is 1. The highest BCUT2D eigenvalue weighted by atomic mass is 35.5. The Kier molecular flexibility index (Phi) is 6.41. The molecule has 7 heteroatoms. The number of hydrogen-bond acceptors (Lipinski definition) is 5. The van der Waals surface area contributed by atoms with Crippen molar-refractivity contribution in [2.45, 2.75) is 26.3 Å². The van der Waals surface area contributed by atoms with E-state index in [1.165, 1.54) is 0 Å². The maximum atomic E-state index is 12.3. The number of carbonyl (C=O) groups excluding carboxylic acids is 2. The Hall–Kier alpha value is -2.73. The molecule has 1 atom stereocenters. The maximum Gasteiger partial charge on any atom is 0.258 e. The zero-order chi connectivity index (χ0) is 20.1. The summed E-state index contributed by atoms with van der Waals surface area (Å²) in [5.41, 5.74) is 1.27. The summed E-state index contributed by atoms with van der Waals surface area (Å²) >= 11 is 5.96. The average molecular weight is 404 g/mol. The van der Waals surface area contributed by atoms with Gasteiger partial charge in [0.15, 0.2) is 23.9 Å². The molecule has 0 aromatic heterocycles. The lowest BCUT2D eigenvalue weighted by Gasteiger charge is -2.21. The number of carbonyl (C=O) groups is 2. The molecule has 0 bridgehead atoms. The number of halogens is 1. The van der Waals surface area contributed by atoms with Gasteiger partial charge in [0.05, 0.1) is 11.6 Å². The first kappa shape index (κ1) is 20.0. The SMILES string of the molecule is CCC(=O)c1cc(Cl)ccc1OCC(=O)N[C@H](C)c1ccc2c(c1)OCCO2. The van der Waals surface area contributed by atoms with E-state index in [1.807, 2.05) is 25.1 Å². The summed E-state index contributed by atoms with van der Waals surface area (Å²) in [7, 11) is 0. The van der Waals surface area contributed by atoms with Crippen LogP contribution in [0.4, 0.5) is 0 Å². The van der Waals surface area contributed by atoms with Crippen LogP contribution in [-0.4, -0.2) is 31.5 Å². The highest BCUT2D eigenvalue weighted by molar-refractivity contribution is 6.31. The molecule has 1 aliphatic rings. The molecule has 1 amide bonds. The van der Waals surface area contributed by atoms with Gasteiger partial charge in [0.25, 0.3) is 5.91 Å². The van der Waals surface area contributed by atoms with Crippen molar-refractivity contribution >= 4 is 23.3 Å². The second kappa shape index (κ2) is 8.97. The van der Waals surface area contributed by atoms with Gasteiger partial charge < -0.3 is 19.5 Å². The van der Waals surface area contributed by atoms with Crippen molar-refractivity contribution < 1.29 is 23.8 Å². The van der Waals surface area contributed by atoms with Crippen LogP contribution in [0.1, 0.15) is 42.2 Å². The molecule has 0 aliphatic carbocycles. The predicted octanol–water partition coefficient (Wildman–Crippen LogP) is 3.96. The van der Waals surface area contributed by atoms with Gasteiger partial charge in [0.1, 0.15) is 19.0 Å². The Morgan fingerprint density at radius 1 is 1.14 bits per heavy atom. The van der Waals surface area contributed by atoms with Crippen molar-refractivity contribution in [3.63, 3.8) is 0 Å². The predicted molar refractivity (Wildman–Crippen MR) is 106 cm³/mol. The Morgan fingerprint density at radius 2 is 1.89 bits per heavy atom. The minimum Gasteiger partial charge on any atom is -0.486 e. The Labute approximate surface area is 168 Å².